The molecule has 5 aromatic rings. The predicted molar refractivity (Wildman–Crippen MR) is 133 cm³/mol. The summed E-state index contributed by atoms with van der Waals surface area (Å²) in [6.07, 6.45) is 5.64. The van der Waals surface area contributed by atoms with Crippen molar-refractivity contribution in [3.63, 3.8) is 0 Å². The highest BCUT2D eigenvalue weighted by molar-refractivity contribution is 7.23. The second-order valence-electron chi connectivity index (χ2n) is 7.22. The number of hydrogen-bond donors (Lipinski definition) is 1. The Morgan fingerprint density at radius 3 is 2.64 bits per heavy atom. The first kappa shape index (κ1) is 21.5. The molecule has 0 aliphatic rings. The zero-order chi connectivity index (χ0) is 22.6. The Morgan fingerprint density at radius 1 is 1.06 bits per heavy atom. The van der Waals surface area contributed by atoms with E-state index < -0.39 is 0 Å². The molecule has 0 saturated heterocycles. The van der Waals surface area contributed by atoms with E-state index in [1.54, 1.807) is 12.4 Å². The molecule has 1 aromatic carbocycles. The standard InChI is InChI=1S/C24H18ClN5OS2/c25-21-7-6-20(33-21)24-28-18(15-32-24)12-22(31)27-13-17-14-30(19-4-2-1-3-5-19)29-23(17)16-8-10-26-11-9-16/h1-11,14-15H,12-13H2,(H,27,31). The molecule has 0 fully saturated rings. The van der Waals surface area contributed by atoms with Crippen LogP contribution in [0.25, 0.3) is 26.8 Å². The van der Waals surface area contributed by atoms with Crippen molar-refractivity contribution in [1.82, 2.24) is 25.1 Å². The van der Waals surface area contributed by atoms with Gasteiger partial charge in [-0.25, -0.2) is 9.67 Å². The van der Waals surface area contributed by atoms with Gasteiger partial charge in [0.25, 0.3) is 0 Å². The smallest absolute Gasteiger partial charge is 0.226 e. The van der Waals surface area contributed by atoms with Gasteiger partial charge in [-0.05, 0) is 36.4 Å². The van der Waals surface area contributed by atoms with Crippen LogP contribution in [-0.4, -0.2) is 25.7 Å². The summed E-state index contributed by atoms with van der Waals surface area (Å²) >= 11 is 9.01. The molecular formula is C24H18ClN5OS2. The van der Waals surface area contributed by atoms with E-state index in [1.807, 2.05) is 70.9 Å². The van der Waals surface area contributed by atoms with Crippen LogP contribution in [0.3, 0.4) is 0 Å². The van der Waals surface area contributed by atoms with E-state index in [1.165, 1.54) is 22.7 Å². The second-order valence-corrected chi connectivity index (χ2v) is 9.79. The summed E-state index contributed by atoms with van der Waals surface area (Å²) in [5.41, 5.74) is 4.38. The number of hydrogen-bond acceptors (Lipinski definition) is 6. The molecule has 5 rings (SSSR count). The molecule has 0 atom stereocenters. The van der Waals surface area contributed by atoms with Gasteiger partial charge in [0.15, 0.2) is 0 Å². The van der Waals surface area contributed by atoms with Crippen molar-refractivity contribution in [2.45, 2.75) is 13.0 Å². The van der Waals surface area contributed by atoms with Crippen LogP contribution in [0.4, 0.5) is 0 Å². The average Bonchev–Trinajstić information content (AvgIpc) is 3.59. The molecule has 0 saturated carbocycles. The predicted octanol–water partition coefficient (Wildman–Crippen LogP) is 5.63. The summed E-state index contributed by atoms with van der Waals surface area (Å²) < 4.78 is 2.55. The number of benzene rings is 1. The van der Waals surface area contributed by atoms with Crippen LogP contribution < -0.4 is 5.32 Å². The maximum atomic E-state index is 12.7. The lowest BCUT2D eigenvalue weighted by Gasteiger charge is -2.05. The molecule has 4 aromatic heterocycles. The van der Waals surface area contributed by atoms with E-state index in [4.69, 9.17) is 16.7 Å². The average molecular weight is 492 g/mol. The number of para-hydroxylation sites is 1. The Kier molecular flexibility index (Phi) is 6.30. The van der Waals surface area contributed by atoms with Gasteiger partial charge in [0.2, 0.25) is 5.91 Å². The first-order chi connectivity index (χ1) is 16.2. The monoisotopic (exact) mass is 491 g/mol. The number of carbonyl (C=O) groups excluding carboxylic acids is 1. The number of aromatic nitrogens is 4. The van der Waals surface area contributed by atoms with Gasteiger partial charge in [-0.1, -0.05) is 29.8 Å². The fourth-order valence-corrected chi connectivity index (χ4v) is 5.29. The lowest BCUT2D eigenvalue weighted by atomic mass is 10.1. The Bertz CT molecular complexity index is 1380. The van der Waals surface area contributed by atoms with Gasteiger partial charge in [-0.2, -0.15) is 5.10 Å². The molecular weight excluding hydrogens is 474 g/mol. The molecule has 0 unspecified atom stereocenters. The molecule has 1 amide bonds. The molecule has 0 aliphatic heterocycles. The van der Waals surface area contributed by atoms with Crippen LogP contribution in [-0.2, 0) is 17.8 Å². The zero-order valence-corrected chi connectivity index (χ0v) is 19.7. The van der Waals surface area contributed by atoms with Crippen LogP contribution in [0.15, 0.2) is 78.6 Å². The van der Waals surface area contributed by atoms with Crippen LogP contribution in [0.2, 0.25) is 4.34 Å². The number of rotatable bonds is 7. The number of amides is 1. The number of nitrogens with one attached hydrogen (secondary N) is 1. The molecule has 0 aliphatic carbocycles. The Morgan fingerprint density at radius 2 is 1.88 bits per heavy atom. The lowest BCUT2D eigenvalue weighted by molar-refractivity contribution is -0.120. The van der Waals surface area contributed by atoms with Gasteiger partial charge in [-0.15, -0.1) is 22.7 Å². The van der Waals surface area contributed by atoms with Crippen molar-refractivity contribution in [2.75, 3.05) is 0 Å². The van der Waals surface area contributed by atoms with Gasteiger partial charge in [0, 0.05) is 41.6 Å². The minimum absolute atomic E-state index is 0.0933. The van der Waals surface area contributed by atoms with Gasteiger partial charge in [0.05, 0.1) is 32.7 Å². The molecule has 6 nitrogen and oxygen atoms in total. The number of thiazole rings is 1. The Hall–Kier alpha value is -3.33. The summed E-state index contributed by atoms with van der Waals surface area (Å²) in [6, 6.07) is 17.5. The first-order valence-corrected chi connectivity index (χ1v) is 12.2. The number of carbonyl (C=O) groups is 1. The van der Waals surface area contributed by atoms with Gasteiger partial charge in [-0.3, -0.25) is 9.78 Å². The van der Waals surface area contributed by atoms with Crippen LogP contribution >= 0.6 is 34.3 Å². The molecule has 164 valence electrons. The lowest BCUT2D eigenvalue weighted by Crippen LogP contribution is -2.24. The quantitative estimate of drug-likeness (QED) is 0.320. The summed E-state index contributed by atoms with van der Waals surface area (Å²) in [5.74, 6) is -0.0933. The third-order valence-corrected chi connectivity index (χ3v) is 7.21. The maximum Gasteiger partial charge on any atom is 0.226 e. The first-order valence-electron chi connectivity index (χ1n) is 10.2. The molecule has 4 heterocycles. The number of halogens is 1. The van der Waals surface area contributed by atoms with E-state index in [2.05, 4.69) is 15.3 Å². The van der Waals surface area contributed by atoms with Crippen molar-refractivity contribution in [2.24, 2.45) is 0 Å². The Balaban J connectivity index is 1.31. The third-order valence-electron chi connectivity index (χ3n) is 4.92. The molecule has 9 heteroatoms. The van der Waals surface area contributed by atoms with Crippen LogP contribution in [0.1, 0.15) is 11.3 Å². The second kappa shape index (κ2) is 9.66. The van der Waals surface area contributed by atoms with E-state index in [0.29, 0.717) is 6.54 Å². The van der Waals surface area contributed by atoms with Gasteiger partial charge in [0.1, 0.15) is 5.01 Å². The number of nitrogens with zero attached hydrogens (tertiary/aromatic N) is 4. The van der Waals surface area contributed by atoms with Crippen molar-refractivity contribution < 1.29 is 4.79 Å². The highest BCUT2D eigenvalue weighted by Crippen LogP contribution is 2.33. The summed E-state index contributed by atoms with van der Waals surface area (Å²) in [4.78, 5) is 22.3. The summed E-state index contributed by atoms with van der Waals surface area (Å²) in [6.45, 7) is 0.362. The third kappa shape index (κ3) is 5.03. The molecule has 0 bridgehead atoms. The summed E-state index contributed by atoms with van der Waals surface area (Å²) in [5, 5.41) is 10.6. The molecule has 1 N–H and O–H groups in total. The highest BCUT2D eigenvalue weighted by Gasteiger charge is 2.15. The fourth-order valence-electron chi connectivity index (χ4n) is 3.36. The van der Waals surface area contributed by atoms with Crippen LogP contribution in [0, 0.1) is 0 Å². The molecule has 33 heavy (non-hydrogen) atoms. The van der Waals surface area contributed by atoms with Crippen molar-refractivity contribution >= 4 is 40.2 Å². The van der Waals surface area contributed by atoms with E-state index >= 15 is 0 Å². The van der Waals surface area contributed by atoms with E-state index in [-0.39, 0.29) is 12.3 Å². The molecule has 0 spiro atoms. The van der Waals surface area contributed by atoms with Crippen molar-refractivity contribution in [1.29, 1.82) is 0 Å². The van der Waals surface area contributed by atoms with Gasteiger partial charge < -0.3 is 5.32 Å². The van der Waals surface area contributed by atoms with E-state index in [0.717, 1.165) is 42.4 Å². The SMILES string of the molecule is O=C(Cc1csc(-c2ccc(Cl)s2)n1)NCc1cn(-c2ccccc2)nc1-c1ccncc1. The number of thiophene rings is 1. The van der Waals surface area contributed by atoms with Crippen molar-refractivity contribution in [3.8, 4) is 26.8 Å². The Labute approximate surface area is 203 Å². The normalized spacial score (nSPS) is 10.9. The van der Waals surface area contributed by atoms with Crippen molar-refractivity contribution in [3.05, 3.63) is 94.2 Å². The zero-order valence-electron chi connectivity index (χ0n) is 17.3. The minimum Gasteiger partial charge on any atom is -0.352 e. The van der Waals surface area contributed by atoms with Crippen LogP contribution in [0.5, 0.6) is 0 Å². The topological polar surface area (TPSA) is 72.7 Å². The summed E-state index contributed by atoms with van der Waals surface area (Å²) in [7, 11) is 0. The maximum absolute atomic E-state index is 12.7. The van der Waals surface area contributed by atoms with E-state index in [9.17, 15) is 4.79 Å². The largest absolute Gasteiger partial charge is 0.352 e. The fraction of sp³-hybridized carbons (Fsp3) is 0.0833. The number of pyridine rings is 1. The van der Waals surface area contributed by atoms with Gasteiger partial charge >= 0.3 is 0 Å². The minimum atomic E-state index is -0.0933. The molecule has 0 radical (unpaired) electrons. The highest BCUT2D eigenvalue weighted by atomic mass is 35.5.